The van der Waals surface area contributed by atoms with Crippen molar-refractivity contribution in [3.8, 4) is 0 Å². The van der Waals surface area contributed by atoms with Gasteiger partial charge in [0.05, 0.1) is 19.0 Å². The average molecular weight is 371 g/mol. The predicted octanol–water partition coefficient (Wildman–Crippen LogP) is 5.54. The molecule has 4 rings (SSSR count). The maximum Gasteiger partial charge on any atom is 0.310 e. The fourth-order valence-corrected chi connectivity index (χ4v) is 4.20. The summed E-state index contributed by atoms with van der Waals surface area (Å²) in [5.41, 5.74) is 4.82. The Kier molecular flexibility index (Phi) is 4.49. The Labute approximate surface area is 157 Å². The Morgan fingerprint density at radius 3 is 2.67 bits per heavy atom. The smallest absolute Gasteiger partial charge is 0.310 e. The Morgan fingerprint density at radius 2 is 2.07 bits per heavy atom. The number of carbonyl (C=O) groups is 1. The maximum atomic E-state index is 13.1. The SMILES string of the molecule is COC(=O)Cc1c(C)cc2nc(C(F)F)ccc2c1C1=CCC2(CC1)CC2. The number of hydrogen-bond acceptors (Lipinski definition) is 3. The van der Waals surface area contributed by atoms with Crippen molar-refractivity contribution in [2.24, 2.45) is 5.41 Å². The van der Waals surface area contributed by atoms with Crippen LogP contribution in [0.5, 0.6) is 0 Å². The number of aryl methyl sites for hydroxylation is 1. The normalized spacial score (nSPS) is 18.0. The molecule has 0 radical (unpaired) electrons. The van der Waals surface area contributed by atoms with Gasteiger partial charge in [-0.3, -0.25) is 4.79 Å². The van der Waals surface area contributed by atoms with Crippen molar-refractivity contribution in [1.82, 2.24) is 4.98 Å². The summed E-state index contributed by atoms with van der Waals surface area (Å²) in [6.45, 7) is 1.91. The van der Waals surface area contributed by atoms with E-state index < -0.39 is 6.43 Å². The van der Waals surface area contributed by atoms with E-state index in [1.54, 1.807) is 12.1 Å². The molecule has 0 bridgehead atoms. The van der Waals surface area contributed by atoms with E-state index in [0.717, 1.165) is 41.3 Å². The summed E-state index contributed by atoms with van der Waals surface area (Å²) in [7, 11) is 1.38. The van der Waals surface area contributed by atoms with Crippen LogP contribution < -0.4 is 0 Å². The van der Waals surface area contributed by atoms with Gasteiger partial charge in [0.15, 0.2) is 0 Å². The number of methoxy groups -OCH3 is 1. The van der Waals surface area contributed by atoms with E-state index in [0.29, 0.717) is 10.9 Å². The van der Waals surface area contributed by atoms with Crippen molar-refractivity contribution in [2.75, 3.05) is 7.11 Å². The average Bonchev–Trinajstić information content (AvgIpc) is 3.41. The quantitative estimate of drug-likeness (QED) is 0.662. The summed E-state index contributed by atoms with van der Waals surface area (Å²) in [6.07, 6.45) is 5.59. The van der Waals surface area contributed by atoms with E-state index in [1.165, 1.54) is 31.6 Å². The fraction of sp³-hybridized carbons (Fsp3) is 0.455. The second-order valence-electron chi connectivity index (χ2n) is 7.84. The Balaban J connectivity index is 1.89. The highest BCUT2D eigenvalue weighted by Crippen LogP contribution is 2.57. The molecule has 1 spiro atoms. The van der Waals surface area contributed by atoms with Crippen molar-refractivity contribution >= 4 is 22.4 Å². The number of benzene rings is 1. The van der Waals surface area contributed by atoms with Crippen molar-refractivity contribution < 1.29 is 18.3 Å². The highest BCUT2D eigenvalue weighted by molar-refractivity contribution is 5.96. The first-order valence-corrected chi connectivity index (χ1v) is 9.40. The molecule has 0 N–H and O–H groups in total. The molecule has 0 amide bonds. The van der Waals surface area contributed by atoms with Gasteiger partial charge in [-0.05, 0) is 78.8 Å². The third-order valence-electron chi connectivity index (χ3n) is 6.10. The van der Waals surface area contributed by atoms with E-state index >= 15 is 0 Å². The van der Waals surface area contributed by atoms with E-state index in [-0.39, 0.29) is 18.1 Å². The van der Waals surface area contributed by atoms with Crippen molar-refractivity contribution in [3.63, 3.8) is 0 Å². The molecule has 0 unspecified atom stereocenters. The number of hydrogen-bond donors (Lipinski definition) is 0. The number of allylic oxidation sites excluding steroid dienone is 2. The monoisotopic (exact) mass is 371 g/mol. The molecule has 142 valence electrons. The largest absolute Gasteiger partial charge is 0.469 e. The number of nitrogens with zero attached hydrogens (tertiary/aromatic N) is 1. The number of carbonyl (C=O) groups excluding carboxylic acids is 1. The zero-order valence-corrected chi connectivity index (χ0v) is 15.6. The highest BCUT2D eigenvalue weighted by Gasteiger charge is 2.43. The van der Waals surface area contributed by atoms with Gasteiger partial charge in [0.1, 0.15) is 5.69 Å². The van der Waals surface area contributed by atoms with E-state index in [4.69, 9.17) is 4.74 Å². The number of ether oxygens (including phenoxy) is 1. The number of alkyl halides is 2. The highest BCUT2D eigenvalue weighted by atomic mass is 19.3. The lowest BCUT2D eigenvalue weighted by Gasteiger charge is -2.25. The van der Waals surface area contributed by atoms with Gasteiger partial charge in [0.25, 0.3) is 6.43 Å². The van der Waals surface area contributed by atoms with E-state index in [2.05, 4.69) is 11.1 Å². The lowest BCUT2D eigenvalue weighted by atomic mass is 9.80. The minimum atomic E-state index is -2.60. The Hall–Kier alpha value is -2.30. The maximum absolute atomic E-state index is 13.1. The lowest BCUT2D eigenvalue weighted by molar-refractivity contribution is -0.139. The molecule has 2 aliphatic rings. The first-order chi connectivity index (χ1) is 12.9. The molecule has 0 saturated heterocycles. The molecule has 3 nitrogen and oxygen atoms in total. The number of aromatic nitrogens is 1. The summed E-state index contributed by atoms with van der Waals surface area (Å²) in [5, 5.41) is 0.835. The Bertz CT molecular complexity index is 945. The van der Waals surface area contributed by atoms with Crippen LogP contribution in [0.1, 0.15) is 60.9 Å². The zero-order chi connectivity index (χ0) is 19.2. The van der Waals surface area contributed by atoms with Gasteiger partial charge in [-0.1, -0.05) is 12.1 Å². The topological polar surface area (TPSA) is 39.2 Å². The summed E-state index contributed by atoms with van der Waals surface area (Å²) in [4.78, 5) is 16.2. The van der Waals surface area contributed by atoms with Crippen LogP contribution in [0.2, 0.25) is 0 Å². The van der Waals surface area contributed by atoms with Crippen molar-refractivity contribution in [1.29, 1.82) is 0 Å². The molecule has 5 heteroatoms. The van der Waals surface area contributed by atoms with Gasteiger partial charge >= 0.3 is 5.97 Å². The lowest BCUT2D eigenvalue weighted by Crippen LogP contribution is -2.12. The fourth-order valence-electron chi connectivity index (χ4n) is 4.20. The van der Waals surface area contributed by atoms with Gasteiger partial charge in [-0.2, -0.15) is 0 Å². The third-order valence-corrected chi connectivity index (χ3v) is 6.10. The van der Waals surface area contributed by atoms with Gasteiger partial charge in [0, 0.05) is 5.39 Å². The summed E-state index contributed by atoms with van der Waals surface area (Å²) in [6, 6.07) is 4.91. The van der Waals surface area contributed by atoms with Crippen LogP contribution in [0.15, 0.2) is 24.3 Å². The number of halogens is 2. The molecule has 0 atom stereocenters. The van der Waals surface area contributed by atoms with Crippen LogP contribution in [0.3, 0.4) is 0 Å². The molecule has 0 aliphatic heterocycles. The molecule has 1 aromatic carbocycles. The number of pyridine rings is 1. The van der Waals surface area contributed by atoms with E-state index in [1.807, 2.05) is 6.92 Å². The molecular weight excluding hydrogens is 348 g/mol. The standard InChI is InChI=1S/C22H23F2NO2/c1-13-11-18-15(3-4-17(25-18)21(23)24)20(16(13)12-19(26)27-2)14-5-7-22(8-6-14)9-10-22/h3-5,11,21H,6-10,12H2,1-2H3. The van der Waals surface area contributed by atoms with Gasteiger partial charge in [-0.15, -0.1) is 0 Å². The molecule has 27 heavy (non-hydrogen) atoms. The predicted molar refractivity (Wildman–Crippen MR) is 101 cm³/mol. The molecular formula is C22H23F2NO2. The number of rotatable bonds is 4. The second-order valence-corrected chi connectivity index (χ2v) is 7.84. The molecule has 1 saturated carbocycles. The van der Waals surface area contributed by atoms with Gasteiger partial charge in [0.2, 0.25) is 0 Å². The zero-order valence-electron chi connectivity index (χ0n) is 15.6. The van der Waals surface area contributed by atoms with Crippen LogP contribution in [0, 0.1) is 12.3 Å². The Morgan fingerprint density at radius 1 is 1.30 bits per heavy atom. The van der Waals surface area contributed by atoms with Crippen LogP contribution >= 0.6 is 0 Å². The molecule has 2 aliphatic carbocycles. The number of esters is 1. The van der Waals surface area contributed by atoms with Crippen LogP contribution in [-0.2, 0) is 16.0 Å². The van der Waals surface area contributed by atoms with Crippen LogP contribution in [0.4, 0.5) is 8.78 Å². The first kappa shape index (κ1) is 18.1. The van der Waals surface area contributed by atoms with Crippen molar-refractivity contribution in [3.05, 3.63) is 46.7 Å². The van der Waals surface area contributed by atoms with Gasteiger partial charge in [-0.25, -0.2) is 13.8 Å². The molecule has 1 heterocycles. The van der Waals surface area contributed by atoms with Crippen LogP contribution in [0.25, 0.3) is 16.5 Å². The van der Waals surface area contributed by atoms with Crippen molar-refractivity contribution in [2.45, 2.75) is 51.9 Å². The minimum absolute atomic E-state index is 0.173. The first-order valence-electron chi connectivity index (χ1n) is 9.40. The van der Waals surface area contributed by atoms with Crippen LogP contribution in [-0.4, -0.2) is 18.1 Å². The summed E-state index contributed by atoms with van der Waals surface area (Å²) in [5.74, 6) is -0.300. The minimum Gasteiger partial charge on any atom is -0.469 e. The van der Waals surface area contributed by atoms with Gasteiger partial charge < -0.3 is 4.74 Å². The summed E-state index contributed by atoms with van der Waals surface area (Å²) < 4.78 is 31.1. The second kappa shape index (κ2) is 6.70. The summed E-state index contributed by atoms with van der Waals surface area (Å²) >= 11 is 0. The van der Waals surface area contributed by atoms with E-state index in [9.17, 15) is 13.6 Å². The number of fused-ring (bicyclic) bond motifs is 1. The molecule has 1 aromatic heterocycles. The molecule has 2 aromatic rings. The third kappa shape index (κ3) is 3.35. The molecule has 1 fully saturated rings.